The van der Waals surface area contributed by atoms with E-state index >= 15 is 0 Å². The van der Waals surface area contributed by atoms with Gasteiger partial charge >= 0.3 is 0 Å². The summed E-state index contributed by atoms with van der Waals surface area (Å²) in [5.74, 6) is 0.356. The molecule has 1 aromatic rings. The van der Waals surface area contributed by atoms with Gasteiger partial charge in [-0.25, -0.2) is 0 Å². The third-order valence-electron chi connectivity index (χ3n) is 4.17. The van der Waals surface area contributed by atoms with Crippen LogP contribution in [0.25, 0.3) is 0 Å². The van der Waals surface area contributed by atoms with Crippen LogP contribution in [0.4, 0.5) is 0 Å². The summed E-state index contributed by atoms with van der Waals surface area (Å²) in [5.41, 5.74) is 1.07. The van der Waals surface area contributed by atoms with Crippen molar-refractivity contribution >= 4 is 10.2 Å². The summed E-state index contributed by atoms with van der Waals surface area (Å²) >= 11 is 0. The van der Waals surface area contributed by atoms with Gasteiger partial charge in [-0.1, -0.05) is 0 Å². The van der Waals surface area contributed by atoms with E-state index in [-0.39, 0.29) is 0 Å². The topological polar surface area (TPSA) is 78.5 Å². The van der Waals surface area contributed by atoms with Crippen molar-refractivity contribution in [2.24, 2.45) is 5.92 Å². The second kappa shape index (κ2) is 6.43. The van der Waals surface area contributed by atoms with E-state index in [4.69, 9.17) is 4.74 Å². The Bertz CT molecular complexity index is 540. The van der Waals surface area contributed by atoms with Gasteiger partial charge in [0.25, 0.3) is 10.2 Å². The maximum atomic E-state index is 12.7. The van der Waals surface area contributed by atoms with Crippen LogP contribution in [0.15, 0.2) is 12.3 Å². The van der Waals surface area contributed by atoms with Crippen molar-refractivity contribution in [2.45, 2.75) is 19.3 Å². The molecule has 0 radical (unpaired) electrons. The zero-order valence-electron chi connectivity index (χ0n) is 12.1. The van der Waals surface area contributed by atoms with E-state index < -0.39 is 10.2 Å². The van der Waals surface area contributed by atoms with Crippen LogP contribution >= 0.6 is 0 Å². The zero-order valence-corrected chi connectivity index (χ0v) is 12.9. The number of ether oxygens (including phenoxy) is 1. The molecule has 2 aliphatic rings. The first kappa shape index (κ1) is 15.0. The molecule has 1 aromatic heterocycles. The fourth-order valence-corrected chi connectivity index (χ4v) is 4.75. The summed E-state index contributed by atoms with van der Waals surface area (Å²) < 4.78 is 33.8. The van der Waals surface area contributed by atoms with E-state index in [0.717, 1.165) is 25.0 Å². The van der Waals surface area contributed by atoms with E-state index in [2.05, 4.69) is 10.2 Å². The van der Waals surface area contributed by atoms with E-state index in [1.165, 1.54) is 0 Å². The largest absolute Gasteiger partial charge is 0.379 e. The van der Waals surface area contributed by atoms with Crippen molar-refractivity contribution in [1.29, 1.82) is 0 Å². The molecule has 0 saturated carbocycles. The predicted molar refractivity (Wildman–Crippen MR) is 77.9 cm³/mol. The van der Waals surface area contributed by atoms with Crippen LogP contribution in [-0.2, 0) is 21.4 Å². The molecule has 8 heteroatoms. The summed E-state index contributed by atoms with van der Waals surface area (Å²) in [7, 11) is -3.34. The maximum Gasteiger partial charge on any atom is 0.282 e. The Morgan fingerprint density at radius 1 is 1.29 bits per heavy atom. The summed E-state index contributed by atoms with van der Waals surface area (Å²) in [4.78, 5) is 0. The van der Waals surface area contributed by atoms with E-state index in [1.54, 1.807) is 14.8 Å². The molecule has 0 spiro atoms. The zero-order chi connectivity index (χ0) is 14.7. The van der Waals surface area contributed by atoms with Gasteiger partial charge in [-0.2, -0.15) is 22.1 Å². The molecule has 0 aliphatic carbocycles. The number of hydrogen-bond donors (Lipinski definition) is 1. The first-order valence-electron chi connectivity index (χ1n) is 7.47. The fraction of sp³-hybridized carbons (Fsp3) is 0.769. The SMILES string of the molecule is O=S(=O)(N1CCOCC1)N1CCC[C@@H](Cc2ccn[nH]2)C1. The molecule has 1 atom stereocenters. The molecule has 3 heterocycles. The molecule has 0 bridgehead atoms. The van der Waals surface area contributed by atoms with Gasteiger partial charge in [-0.05, 0) is 31.2 Å². The Morgan fingerprint density at radius 2 is 2.10 bits per heavy atom. The van der Waals surface area contributed by atoms with Crippen LogP contribution in [0.1, 0.15) is 18.5 Å². The Kier molecular flexibility index (Phi) is 4.58. The van der Waals surface area contributed by atoms with Crippen LogP contribution in [0, 0.1) is 5.92 Å². The molecule has 2 saturated heterocycles. The molecule has 2 aliphatic heterocycles. The van der Waals surface area contributed by atoms with E-state index in [1.807, 2.05) is 6.07 Å². The lowest BCUT2D eigenvalue weighted by Gasteiger charge is -2.36. The van der Waals surface area contributed by atoms with Crippen molar-refractivity contribution in [2.75, 3.05) is 39.4 Å². The average Bonchev–Trinajstić information content (AvgIpc) is 3.01. The number of nitrogens with zero attached hydrogens (tertiary/aromatic N) is 3. The quantitative estimate of drug-likeness (QED) is 0.863. The molecule has 2 fully saturated rings. The highest BCUT2D eigenvalue weighted by molar-refractivity contribution is 7.86. The van der Waals surface area contributed by atoms with Crippen LogP contribution in [0.5, 0.6) is 0 Å². The van der Waals surface area contributed by atoms with Gasteiger partial charge in [-0.3, -0.25) is 5.10 Å². The molecular weight excluding hydrogens is 292 g/mol. The van der Waals surface area contributed by atoms with Crippen molar-refractivity contribution in [1.82, 2.24) is 18.8 Å². The Hall–Kier alpha value is -0.960. The van der Waals surface area contributed by atoms with Crippen molar-refractivity contribution in [3.05, 3.63) is 18.0 Å². The molecule has 0 aromatic carbocycles. The van der Waals surface area contributed by atoms with Crippen LogP contribution in [0.2, 0.25) is 0 Å². The Labute approximate surface area is 125 Å². The van der Waals surface area contributed by atoms with Gasteiger partial charge in [0.2, 0.25) is 0 Å². The van der Waals surface area contributed by atoms with Crippen LogP contribution < -0.4 is 0 Å². The monoisotopic (exact) mass is 314 g/mol. The molecule has 0 unspecified atom stereocenters. The molecule has 3 rings (SSSR count). The van der Waals surface area contributed by atoms with Gasteiger partial charge in [0.15, 0.2) is 0 Å². The molecule has 0 amide bonds. The first-order valence-corrected chi connectivity index (χ1v) is 8.87. The number of morpholine rings is 1. The number of rotatable bonds is 4. The third-order valence-corrected chi connectivity index (χ3v) is 6.17. The van der Waals surface area contributed by atoms with Crippen LogP contribution in [0.3, 0.4) is 0 Å². The molecular formula is C13H22N4O3S. The summed E-state index contributed by atoms with van der Waals surface area (Å²) in [6.45, 7) is 3.13. The Morgan fingerprint density at radius 3 is 2.81 bits per heavy atom. The average molecular weight is 314 g/mol. The van der Waals surface area contributed by atoms with Crippen LogP contribution in [-0.4, -0.2) is 66.6 Å². The minimum absolute atomic E-state index is 0.356. The number of H-pyrrole nitrogens is 1. The van der Waals surface area contributed by atoms with Gasteiger partial charge in [-0.15, -0.1) is 0 Å². The molecule has 7 nitrogen and oxygen atoms in total. The third kappa shape index (κ3) is 3.45. The highest BCUT2D eigenvalue weighted by Gasteiger charge is 2.34. The van der Waals surface area contributed by atoms with Gasteiger partial charge in [0.1, 0.15) is 0 Å². The minimum atomic E-state index is -3.34. The van der Waals surface area contributed by atoms with Crippen molar-refractivity contribution < 1.29 is 13.2 Å². The number of aromatic nitrogens is 2. The highest BCUT2D eigenvalue weighted by Crippen LogP contribution is 2.24. The maximum absolute atomic E-state index is 12.7. The summed E-state index contributed by atoms with van der Waals surface area (Å²) in [6, 6.07) is 1.95. The lowest BCUT2D eigenvalue weighted by Crippen LogP contribution is -2.51. The van der Waals surface area contributed by atoms with Gasteiger partial charge in [0.05, 0.1) is 13.2 Å². The number of nitrogens with one attached hydrogen (secondary N) is 1. The van der Waals surface area contributed by atoms with E-state index in [0.29, 0.717) is 45.3 Å². The second-order valence-electron chi connectivity index (χ2n) is 5.67. The smallest absolute Gasteiger partial charge is 0.282 e. The second-order valence-corrected chi connectivity index (χ2v) is 7.60. The predicted octanol–water partition coefficient (Wildman–Crippen LogP) is 0.241. The summed E-state index contributed by atoms with van der Waals surface area (Å²) in [6.07, 6.45) is 4.58. The first-order chi connectivity index (χ1) is 10.2. The lowest BCUT2D eigenvalue weighted by molar-refractivity contribution is 0.0691. The highest BCUT2D eigenvalue weighted by atomic mass is 32.2. The fourth-order valence-electron chi connectivity index (χ4n) is 3.05. The standard InChI is InChI=1S/C13H22N4O3S/c18-21(19,16-6-8-20-9-7-16)17-5-1-2-12(11-17)10-13-3-4-14-15-13/h3-4,12H,1-2,5-11H2,(H,14,15)/t12-/m0/s1. The molecule has 118 valence electrons. The molecule has 1 N–H and O–H groups in total. The minimum Gasteiger partial charge on any atom is -0.379 e. The number of piperidine rings is 1. The summed E-state index contributed by atoms with van der Waals surface area (Å²) in [5, 5.41) is 6.91. The normalized spacial score (nSPS) is 26.0. The number of hydrogen-bond acceptors (Lipinski definition) is 4. The van der Waals surface area contributed by atoms with Gasteiger partial charge in [0, 0.05) is 38.1 Å². The van der Waals surface area contributed by atoms with Gasteiger partial charge < -0.3 is 4.74 Å². The van der Waals surface area contributed by atoms with Crippen molar-refractivity contribution in [3.8, 4) is 0 Å². The van der Waals surface area contributed by atoms with Crippen molar-refractivity contribution in [3.63, 3.8) is 0 Å². The van der Waals surface area contributed by atoms with E-state index in [9.17, 15) is 8.42 Å². The lowest BCUT2D eigenvalue weighted by atomic mass is 9.95. The Balaban J connectivity index is 1.64. The number of aromatic amines is 1. The molecule has 21 heavy (non-hydrogen) atoms.